The van der Waals surface area contributed by atoms with Crippen molar-refractivity contribution >= 4 is 16.9 Å². The average Bonchev–Trinajstić information content (AvgIpc) is 3.16. The first-order valence-electron chi connectivity index (χ1n) is 8.26. The Balaban J connectivity index is 1.36. The van der Waals surface area contributed by atoms with Gasteiger partial charge in [-0.15, -0.1) is 0 Å². The lowest BCUT2D eigenvalue weighted by molar-refractivity contribution is 0.213. The summed E-state index contributed by atoms with van der Waals surface area (Å²) in [5, 5.41) is 3.32. The third-order valence-corrected chi connectivity index (χ3v) is 3.97. The smallest absolute Gasteiger partial charge is 0.257 e. The summed E-state index contributed by atoms with van der Waals surface area (Å²) in [4.78, 5) is 15.1. The number of anilines is 1. The molecule has 1 aromatic carbocycles. The fourth-order valence-corrected chi connectivity index (χ4v) is 2.78. The summed E-state index contributed by atoms with van der Waals surface area (Å²) in [6.07, 6.45) is 4.73. The van der Waals surface area contributed by atoms with Crippen LogP contribution < -0.4 is 19.7 Å². The van der Waals surface area contributed by atoms with Gasteiger partial charge in [0.05, 0.1) is 0 Å². The highest BCUT2D eigenvalue weighted by atomic mass is 16.5. The molecule has 8 heteroatoms. The number of fused-ring (bicyclic) bond motifs is 1. The van der Waals surface area contributed by atoms with Gasteiger partial charge in [0.25, 0.3) is 5.88 Å². The number of nitrogens with one attached hydrogen (secondary N) is 1. The predicted octanol–water partition coefficient (Wildman–Crippen LogP) is 1.49. The van der Waals surface area contributed by atoms with Crippen LogP contribution in [0.4, 0.5) is 5.82 Å². The van der Waals surface area contributed by atoms with Gasteiger partial charge in [-0.25, -0.2) is 15.0 Å². The number of ether oxygens (including phenoxy) is 2. The first-order valence-corrected chi connectivity index (χ1v) is 8.26. The number of oxazole rings is 1. The summed E-state index contributed by atoms with van der Waals surface area (Å²) in [6.45, 7) is 4.39. The fourth-order valence-electron chi connectivity index (χ4n) is 2.78. The van der Waals surface area contributed by atoms with Crippen molar-refractivity contribution in [3.63, 3.8) is 0 Å². The lowest BCUT2D eigenvalue weighted by Gasteiger charge is -2.28. The van der Waals surface area contributed by atoms with Crippen molar-refractivity contribution in [3.8, 4) is 11.6 Å². The van der Waals surface area contributed by atoms with Crippen molar-refractivity contribution in [1.29, 1.82) is 0 Å². The van der Waals surface area contributed by atoms with Gasteiger partial charge in [0.1, 0.15) is 19.0 Å². The van der Waals surface area contributed by atoms with Gasteiger partial charge in [0.15, 0.2) is 23.3 Å². The number of para-hydroxylation sites is 1. The number of rotatable bonds is 6. The van der Waals surface area contributed by atoms with E-state index in [-0.39, 0.29) is 0 Å². The molecule has 1 fully saturated rings. The van der Waals surface area contributed by atoms with Gasteiger partial charge in [0.2, 0.25) is 0 Å². The molecule has 0 bridgehead atoms. The Morgan fingerprint density at radius 2 is 1.88 bits per heavy atom. The van der Waals surface area contributed by atoms with Crippen molar-refractivity contribution < 1.29 is 13.9 Å². The second kappa shape index (κ2) is 7.35. The van der Waals surface area contributed by atoms with Crippen LogP contribution in [0.5, 0.6) is 11.6 Å². The van der Waals surface area contributed by atoms with Crippen LogP contribution in [0, 0.1) is 0 Å². The predicted molar refractivity (Wildman–Crippen MR) is 92.1 cm³/mol. The molecule has 1 saturated heterocycles. The summed E-state index contributed by atoms with van der Waals surface area (Å²) in [5.74, 6) is 1.99. The number of hydrogen-bond donors (Lipinski definition) is 1. The third kappa shape index (κ3) is 3.48. The number of aromatic nitrogens is 3. The molecule has 0 saturated carbocycles. The molecule has 0 amide bonds. The third-order valence-electron chi connectivity index (χ3n) is 3.97. The highest BCUT2D eigenvalue weighted by molar-refractivity contribution is 5.79. The lowest BCUT2D eigenvalue weighted by atomic mass is 10.3. The van der Waals surface area contributed by atoms with Gasteiger partial charge >= 0.3 is 0 Å². The van der Waals surface area contributed by atoms with Crippen LogP contribution in [-0.2, 0) is 0 Å². The Morgan fingerprint density at radius 1 is 1.04 bits per heavy atom. The Bertz CT molecular complexity index is 832. The van der Waals surface area contributed by atoms with Gasteiger partial charge < -0.3 is 24.1 Å². The molecule has 4 rings (SSSR count). The molecule has 1 N–H and O–H groups in total. The molecule has 3 heterocycles. The Hall–Kier alpha value is -2.87. The van der Waals surface area contributed by atoms with Gasteiger partial charge in [-0.3, -0.25) is 0 Å². The Kier molecular flexibility index (Phi) is 4.60. The van der Waals surface area contributed by atoms with Crippen molar-refractivity contribution in [3.05, 3.63) is 37.0 Å². The van der Waals surface area contributed by atoms with Crippen LogP contribution in [0.15, 0.2) is 41.4 Å². The Morgan fingerprint density at radius 3 is 2.80 bits per heavy atom. The van der Waals surface area contributed by atoms with Crippen molar-refractivity contribution in [2.24, 2.45) is 0 Å². The minimum atomic E-state index is 0.367. The molecular formula is C17H19N5O3. The van der Waals surface area contributed by atoms with Crippen molar-refractivity contribution in [2.45, 2.75) is 0 Å². The SMILES string of the molecule is c1cc(OCCOc2nccnc2N2CCNCC2)c2ncoc2c1. The molecule has 0 aliphatic carbocycles. The van der Waals surface area contributed by atoms with Gasteiger partial charge in [-0.05, 0) is 12.1 Å². The molecule has 2 aromatic heterocycles. The number of piperazine rings is 1. The second-order valence-electron chi connectivity index (χ2n) is 5.57. The molecule has 1 aliphatic rings. The number of hydrogen-bond acceptors (Lipinski definition) is 8. The molecule has 0 atom stereocenters. The van der Waals surface area contributed by atoms with Crippen LogP contribution in [0.25, 0.3) is 11.1 Å². The van der Waals surface area contributed by atoms with E-state index in [1.807, 2.05) is 18.2 Å². The minimum Gasteiger partial charge on any atom is -0.488 e. The fraction of sp³-hybridized carbons (Fsp3) is 0.353. The molecule has 0 spiro atoms. The maximum absolute atomic E-state index is 5.80. The van der Waals surface area contributed by atoms with E-state index in [0.717, 1.165) is 32.0 Å². The van der Waals surface area contributed by atoms with E-state index < -0.39 is 0 Å². The van der Waals surface area contributed by atoms with E-state index in [1.165, 1.54) is 6.39 Å². The monoisotopic (exact) mass is 341 g/mol. The van der Waals surface area contributed by atoms with E-state index in [2.05, 4.69) is 25.2 Å². The molecule has 25 heavy (non-hydrogen) atoms. The highest BCUT2D eigenvalue weighted by Gasteiger charge is 2.17. The van der Waals surface area contributed by atoms with Gasteiger partial charge in [0, 0.05) is 38.6 Å². The van der Waals surface area contributed by atoms with E-state index in [4.69, 9.17) is 13.9 Å². The highest BCUT2D eigenvalue weighted by Crippen LogP contribution is 2.24. The quantitative estimate of drug-likeness (QED) is 0.675. The molecule has 3 aromatic rings. The summed E-state index contributed by atoms with van der Waals surface area (Å²) in [5.41, 5.74) is 1.41. The standard InChI is InChI=1S/C17H19N5O3/c1-2-13(15-14(3-1)25-12-21-15)23-10-11-24-17-16(19-4-5-20-17)22-8-6-18-7-9-22/h1-5,12,18H,6-11H2. The van der Waals surface area contributed by atoms with E-state index in [9.17, 15) is 0 Å². The summed E-state index contributed by atoms with van der Waals surface area (Å²) in [7, 11) is 0. The van der Waals surface area contributed by atoms with E-state index in [0.29, 0.717) is 35.9 Å². The van der Waals surface area contributed by atoms with E-state index >= 15 is 0 Å². The number of benzene rings is 1. The number of nitrogens with zero attached hydrogens (tertiary/aromatic N) is 4. The van der Waals surface area contributed by atoms with Crippen LogP contribution >= 0.6 is 0 Å². The molecule has 1 aliphatic heterocycles. The summed E-state index contributed by atoms with van der Waals surface area (Å²) < 4.78 is 16.8. The first-order chi connectivity index (χ1) is 12.4. The largest absolute Gasteiger partial charge is 0.488 e. The van der Waals surface area contributed by atoms with Gasteiger partial charge in [-0.1, -0.05) is 6.07 Å². The average molecular weight is 341 g/mol. The maximum Gasteiger partial charge on any atom is 0.257 e. The molecule has 0 radical (unpaired) electrons. The summed E-state index contributed by atoms with van der Waals surface area (Å²) >= 11 is 0. The van der Waals surface area contributed by atoms with Crippen molar-refractivity contribution in [2.75, 3.05) is 44.3 Å². The van der Waals surface area contributed by atoms with E-state index in [1.54, 1.807) is 12.4 Å². The zero-order chi connectivity index (χ0) is 16.9. The maximum atomic E-state index is 5.80. The molecule has 130 valence electrons. The van der Waals surface area contributed by atoms with Gasteiger partial charge in [-0.2, -0.15) is 0 Å². The van der Waals surface area contributed by atoms with Crippen LogP contribution in [-0.4, -0.2) is 54.3 Å². The Labute approximate surface area is 144 Å². The molecular weight excluding hydrogens is 322 g/mol. The van der Waals surface area contributed by atoms with Crippen LogP contribution in [0.2, 0.25) is 0 Å². The van der Waals surface area contributed by atoms with Crippen LogP contribution in [0.3, 0.4) is 0 Å². The molecule has 0 unspecified atom stereocenters. The topological polar surface area (TPSA) is 85.5 Å². The normalized spacial score (nSPS) is 14.6. The first kappa shape index (κ1) is 15.6. The zero-order valence-electron chi connectivity index (χ0n) is 13.7. The molecule has 8 nitrogen and oxygen atoms in total. The lowest BCUT2D eigenvalue weighted by Crippen LogP contribution is -2.44. The van der Waals surface area contributed by atoms with Crippen molar-refractivity contribution in [1.82, 2.24) is 20.3 Å². The summed E-state index contributed by atoms with van der Waals surface area (Å²) in [6, 6.07) is 5.58. The zero-order valence-corrected chi connectivity index (χ0v) is 13.7. The second-order valence-corrected chi connectivity index (χ2v) is 5.57. The van der Waals surface area contributed by atoms with Crippen LogP contribution in [0.1, 0.15) is 0 Å². The minimum absolute atomic E-state index is 0.367.